The number of rotatable bonds is 5. The minimum absolute atomic E-state index is 0.0707. The van der Waals surface area contributed by atoms with E-state index >= 15 is 0 Å². The molecule has 0 radical (unpaired) electrons. The van der Waals surface area contributed by atoms with E-state index in [2.05, 4.69) is 49.9 Å². The van der Waals surface area contributed by atoms with E-state index in [4.69, 9.17) is 9.84 Å². The van der Waals surface area contributed by atoms with Crippen LogP contribution in [0, 0.1) is 13.8 Å². The molecule has 0 aromatic heterocycles. The molecule has 0 saturated carbocycles. The minimum Gasteiger partial charge on any atom is -0.497 e. The van der Waals surface area contributed by atoms with E-state index in [1.54, 1.807) is 12.1 Å². The Bertz CT molecular complexity index is 984. The van der Waals surface area contributed by atoms with Gasteiger partial charge in [0.15, 0.2) is 0 Å². The summed E-state index contributed by atoms with van der Waals surface area (Å²) in [5.74, 6) is 0.871. The van der Waals surface area contributed by atoms with Crippen molar-refractivity contribution in [2.45, 2.75) is 58.5 Å². The van der Waals surface area contributed by atoms with Gasteiger partial charge in [-0.1, -0.05) is 42.3 Å². The Hall–Kier alpha value is -2.66. The van der Waals surface area contributed by atoms with Crippen LogP contribution in [0.2, 0.25) is 0 Å². The van der Waals surface area contributed by atoms with Crippen LogP contribution in [-0.2, 0) is 4.79 Å². The largest absolute Gasteiger partial charge is 0.497 e. The Balaban J connectivity index is 1.65. The van der Waals surface area contributed by atoms with Crippen molar-refractivity contribution in [3.05, 3.63) is 64.7 Å². The van der Waals surface area contributed by atoms with Crippen molar-refractivity contribution in [1.82, 2.24) is 9.91 Å². The third-order valence-corrected chi connectivity index (χ3v) is 6.62. The van der Waals surface area contributed by atoms with Crippen LogP contribution in [0.5, 0.6) is 5.75 Å². The van der Waals surface area contributed by atoms with Crippen molar-refractivity contribution in [3.8, 4) is 5.75 Å². The summed E-state index contributed by atoms with van der Waals surface area (Å²) in [5, 5.41) is 6.61. The first-order valence-electron chi connectivity index (χ1n) is 11.3. The van der Waals surface area contributed by atoms with Crippen LogP contribution in [0.25, 0.3) is 0 Å². The van der Waals surface area contributed by atoms with Gasteiger partial charge in [-0.15, -0.1) is 0 Å². The monoisotopic (exact) mass is 419 g/mol. The number of ether oxygens (including phenoxy) is 1. The average molecular weight is 420 g/mol. The molecule has 0 N–H and O–H groups in total. The highest BCUT2D eigenvalue weighted by Crippen LogP contribution is 2.35. The lowest BCUT2D eigenvalue weighted by Gasteiger charge is -2.34. The van der Waals surface area contributed by atoms with E-state index in [9.17, 15) is 4.79 Å². The number of hydrogen-bond donors (Lipinski definition) is 0. The van der Waals surface area contributed by atoms with Gasteiger partial charge in [-0.05, 0) is 63.4 Å². The predicted molar refractivity (Wildman–Crippen MR) is 125 cm³/mol. The topological polar surface area (TPSA) is 45.1 Å². The number of hydrazone groups is 1. The zero-order chi connectivity index (χ0) is 22.0. The zero-order valence-corrected chi connectivity index (χ0v) is 19.1. The van der Waals surface area contributed by atoms with Gasteiger partial charge >= 0.3 is 0 Å². The second-order valence-electron chi connectivity index (χ2n) is 8.92. The smallest absolute Gasteiger partial charge is 0.257 e. The van der Waals surface area contributed by atoms with Gasteiger partial charge in [0.1, 0.15) is 5.75 Å². The highest BCUT2D eigenvalue weighted by molar-refractivity contribution is 6.04. The first kappa shape index (κ1) is 21.6. The summed E-state index contributed by atoms with van der Waals surface area (Å²) in [6.07, 6.45) is 4.27. The van der Waals surface area contributed by atoms with Gasteiger partial charge in [0.2, 0.25) is 0 Å². The van der Waals surface area contributed by atoms with Gasteiger partial charge in [0.05, 0.1) is 25.4 Å². The molecule has 0 bridgehead atoms. The molecule has 1 amide bonds. The summed E-state index contributed by atoms with van der Waals surface area (Å²) >= 11 is 0. The summed E-state index contributed by atoms with van der Waals surface area (Å²) in [6.45, 7) is 7.84. The lowest BCUT2D eigenvalue weighted by atomic mass is 9.95. The number of piperidine rings is 1. The summed E-state index contributed by atoms with van der Waals surface area (Å²) in [4.78, 5) is 15.8. The lowest BCUT2D eigenvalue weighted by molar-refractivity contribution is -0.135. The molecule has 0 spiro atoms. The van der Waals surface area contributed by atoms with Gasteiger partial charge in [-0.25, -0.2) is 5.01 Å². The highest BCUT2D eigenvalue weighted by Gasteiger charge is 2.35. The molecular formula is C26H33N3O2. The van der Waals surface area contributed by atoms with Crippen LogP contribution in [-0.4, -0.2) is 47.8 Å². The Morgan fingerprint density at radius 1 is 1.16 bits per heavy atom. The molecule has 2 aliphatic heterocycles. The van der Waals surface area contributed by atoms with E-state index in [0.717, 1.165) is 42.0 Å². The Labute approximate surface area is 185 Å². The molecule has 2 aromatic carbocycles. The highest BCUT2D eigenvalue weighted by atomic mass is 16.5. The van der Waals surface area contributed by atoms with E-state index in [1.807, 2.05) is 18.2 Å². The molecule has 4 rings (SSSR count). The first-order valence-corrected chi connectivity index (χ1v) is 11.3. The summed E-state index contributed by atoms with van der Waals surface area (Å²) in [5.41, 5.74) is 5.59. The van der Waals surface area contributed by atoms with Crippen molar-refractivity contribution >= 4 is 11.6 Å². The Kier molecular flexibility index (Phi) is 6.42. The van der Waals surface area contributed by atoms with Crippen molar-refractivity contribution in [1.29, 1.82) is 0 Å². The van der Waals surface area contributed by atoms with Gasteiger partial charge in [0, 0.05) is 18.0 Å². The number of likely N-dealkylation sites (tertiary alicyclic amines) is 1. The number of carbonyl (C=O) groups is 1. The van der Waals surface area contributed by atoms with Crippen molar-refractivity contribution in [3.63, 3.8) is 0 Å². The quantitative estimate of drug-likeness (QED) is 0.695. The molecule has 1 saturated heterocycles. The van der Waals surface area contributed by atoms with Crippen LogP contribution >= 0.6 is 0 Å². The second-order valence-corrected chi connectivity index (χ2v) is 8.92. The molecular weight excluding hydrogens is 386 g/mol. The van der Waals surface area contributed by atoms with Crippen LogP contribution in [0.15, 0.2) is 47.6 Å². The molecule has 1 fully saturated rings. The lowest BCUT2D eigenvalue weighted by Crippen LogP contribution is -2.44. The van der Waals surface area contributed by atoms with E-state index in [1.165, 1.54) is 17.5 Å². The second kappa shape index (κ2) is 9.23. The third-order valence-electron chi connectivity index (χ3n) is 6.62. The summed E-state index contributed by atoms with van der Waals surface area (Å²) < 4.78 is 5.44. The van der Waals surface area contributed by atoms with Crippen LogP contribution in [0.3, 0.4) is 0 Å². The molecule has 2 heterocycles. The number of amides is 1. The Morgan fingerprint density at radius 2 is 2.00 bits per heavy atom. The fourth-order valence-corrected chi connectivity index (χ4v) is 4.79. The molecule has 2 aromatic rings. The number of methoxy groups -OCH3 is 1. The van der Waals surface area contributed by atoms with Gasteiger partial charge in [-0.2, -0.15) is 5.10 Å². The molecule has 31 heavy (non-hydrogen) atoms. The number of carbonyl (C=O) groups excluding carboxylic acids is 1. The number of nitrogens with zero attached hydrogens (tertiary/aromatic N) is 3. The molecule has 2 unspecified atom stereocenters. The number of hydrogen-bond acceptors (Lipinski definition) is 4. The normalized spacial score (nSPS) is 21.8. The minimum atomic E-state index is -0.113. The van der Waals surface area contributed by atoms with E-state index in [-0.39, 0.29) is 11.9 Å². The maximum atomic E-state index is 13.5. The van der Waals surface area contributed by atoms with E-state index in [0.29, 0.717) is 19.0 Å². The number of aryl methyl sites for hydroxylation is 2. The van der Waals surface area contributed by atoms with Gasteiger partial charge in [-0.3, -0.25) is 9.69 Å². The molecule has 2 aliphatic rings. The Morgan fingerprint density at radius 3 is 2.74 bits per heavy atom. The number of benzene rings is 2. The average Bonchev–Trinajstić information content (AvgIpc) is 3.21. The first-order chi connectivity index (χ1) is 15.0. The van der Waals surface area contributed by atoms with Crippen LogP contribution in [0.4, 0.5) is 0 Å². The summed E-state index contributed by atoms with van der Waals surface area (Å²) in [7, 11) is 1.67. The zero-order valence-electron chi connectivity index (χ0n) is 19.1. The van der Waals surface area contributed by atoms with Crippen molar-refractivity contribution in [2.24, 2.45) is 5.10 Å². The molecule has 0 aliphatic carbocycles. The fourth-order valence-electron chi connectivity index (χ4n) is 4.79. The van der Waals surface area contributed by atoms with Crippen LogP contribution < -0.4 is 4.74 Å². The maximum absolute atomic E-state index is 13.5. The molecule has 5 heteroatoms. The fraction of sp³-hybridized carbons (Fsp3) is 0.462. The summed E-state index contributed by atoms with van der Waals surface area (Å²) in [6, 6.07) is 14.8. The van der Waals surface area contributed by atoms with Gasteiger partial charge in [0.25, 0.3) is 5.91 Å². The maximum Gasteiger partial charge on any atom is 0.257 e. The molecule has 2 atom stereocenters. The van der Waals surface area contributed by atoms with Gasteiger partial charge < -0.3 is 4.74 Å². The molecule has 5 nitrogen and oxygen atoms in total. The SMILES string of the molecule is COc1cccc(C2CC(c3ccc(C)cc3C)=NN2C(=O)CN2CCCCC2C)c1. The van der Waals surface area contributed by atoms with E-state index < -0.39 is 0 Å². The predicted octanol–water partition coefficient (Wildman–Crippen LogP) is 4.86. The molecule has 164 valence electrons. The third kappa shape index (κ3) is 4.67. The van der Waals surface area contributed by atoms with Crippen molar-refractivity contribution < 1.29 is 9.53 Å². The van der Waals surface area contributed by atoms with Crippen molar-refractivity contribution in [2.75, 3.05) is 20.2 Å². The standard InChI is InChI=1S/C26H33N3O2/c1-18-11-12-23(19(2)14-18)24-16-25(21-9-7-10-22(15-21)31-4)29(27-24)26(30)17-28-13-6-5-8-20(28)3/h7,9-12,14-15,20,25H,5-6,8,13,16-17H2,1-4H3. The van der Waals surface area contributed by atoms with Crippen LogP contribution in [0.1, 0.15) is 60.9 Å².